The molecule has 0 aromatic rings. The number of amides is 1. The summed E-state index contributed by atoms with van der Waals surface area (Å²) in [5, 5.41) is 0. The van der Waals surface area contributed by atoms with Crippen molar-refractivity contribution in [3.8, 4) is 0 Å². The average Bonchev–Trinajstić information content (AvgIpc) is 2.40. The van der Waals surface area contributed by atoms with Crippen molar-refractivity contribution in [2.75, 3.05) is 0 Å². The van der Waals surface area contributed by atoms with Crippen molar-refractivity contribution < 1.29 is 9.59 Å². The fourth-order valence-corrected chi connectivity index (χ4v) is 0.661. The summed E-state index contributed by atoms with van der Waals surface area (Å²) in [6.45, 7) is 6.37. The SMILES string of the molecule is [C-]#[N+]C1C(=O)C1C(N)=O. The number of primary amides is 1. The fourth-order valence-electron chi connectivity index (χ4n) is 0.661. The molecule has 2 atom stereocenters. The molecule has 0 bridgehead atoms. The van der Waals surface area contributed by atoms with E-state index in [-0.39, 0.29) is 5.78 Å². The quantitative estimate of drug-likeness (QED) is 0.358. The predicted molar refractivity (Wildman–Crippen MR) is 28.1 cm³/mol. The minimum atomic E-state index is -0.803. The molecule has 0 saturated heterocycles. The molecule has 1 aliphatic rings. The molecule has 0 spiro atoms. The highest BCUT2D eigenvalue weighted by atomic mass is 16.2. The van der Waals surface area contributed by atoms with E-state index in [1.165, 1.54) is 0 Å². The van der Waals surface area contributed by atoms with Gasteiger partial charge < -0.3 is 10.6 Å². The first-order valence-corrected chi connectivity index (χ1v) is 2.38. The van der Waals surface area contributed by atoms with Gasteiger partial charge in [-0.25, -0.2) is 6.57 Å². The van der Waals surface area contributed by atoms with E-state index in [0.29, 0.717) is 0 Å². The minimum Gasteiger partial charge on any atom is -0.369 e. The zero-order valence-corrected chi connectivity index (χ0v) is 4.50. The summed E-state index contributed by atoms with van der Waals surface area (Å²) in [7, 11) is 0. The Labute approximate surface area is 51.5 Å². The number of Topliss-reactive ketones (excluding diaryl/α,β-unsaturated/α-hetero) is 1. The highest BCUT2D eigenvalue weighted by Crippen LogP contribution is 2.27. The molecule has 1 fully saturated rings. The first-order chi connectivity index (χ1) is 4.18. The lowest BCUT2D eigenvalue weighted by Gasteiger charge is -1.75. The maximum absolute atomic E-state index is 10.4. The molecule has 1 aliphatic carbocycles. The van der Waals surface area contributed by atoms with E-state index in [0.717, 1.165) is 0 Å². The molecule has 0 aliphatic heterocycles. The zero-order valence-electron chi connectivity index (χ0n) is 4.50. The van der Waals surface area contributed by atoms with Crippen LogP contribution in [-0.2, 0) is 9.59 Å². The van der Waals surface area contributed by atoms with Crippen LogP contribution in [-0.4, -0.2) is 17.7 Å². The van der Waals surface area contributed by atoms with Gasteiger partial charge in [0.15, 0.2) is 5.92 Å². The number of rotatable bonds is 1. The van der Waals surface area contributed by atoms with Gasteiger partial charge in [0, 0.05) is 0 Å². The van der Waals surface area contributed by atoms with Gasteiger partial charge in [-0.2, -0.15) is 0 Å². The van der Waals surface area contributed by atoms with Crippen molar-refractivity contribution in [1.82, 2.24) is 0 Å². The molecule has 9 heavy (non-hydrogen) atoms. The maximum Gasteiger partial charge on any atom is 0.300 e. The molecule has 0 radical (unpaired) electrons. The summed E-state index contributed by atoms with van der Waals surface area (Å²) in [5.74, 6) is -1.82. The van der Waals surface area contributed by atoms with Crippen LogP contribution in [0.5, 0.6) is 0 Å². The van der Waals surface area contributed by atoms with Crippen molar-refractivity contribution in [3.05, 3.63) is 11.4 Å². The van der Waals surface area contributed by atoms with E-state index < -0.39 is 17.9 Å². The van der Waals surface area contributed by atoms with E-state index in [1.807, 2.05) is 0 Å². The largest absolute Gasteiger partial charge is 0.369 e. The van der Waals surface area contributed by atoms with Crippen LogP contribution in [0.2, 0.25) is 0 Å². The van der Waals surface area contributed by atoms with E-state index in [9.17, 15) is 9.59 Å². The average molecular weight is 124 g/mol. The summed E-state index contributed by atoms with van der Waals surface area (Å²) < 4.78 is 0. The van der Waals surface area contributed by atoms with Crippen LogP contribution in [0, 0.1) is 12.5 Å². The van der Waals surface area contributed by atoms with E-state index >= 15 is 0 Å². The Kier molecular flexibility index (Phi) is 0.995. The predicted octanol–water partition coefficient (Wildman–Crippen LogP) is -1.04. The number of nitrogens with zero attached hydrogens (tertiary/aromatic N) is 1. The Bertz CT molecular complexity index is 215. The van der Waals surface area contributed by atoms with Crippen molar-refractivity contribution in [1.29, 1.82) is 0 Å². The van der Waals surface area contributed by atoms with Gasteiger partial charge in [0.1, 0.15) is 0 Å². The highest BCUT2D eigenvalue weighted by molar-refractivity contribution is 6.19. The number of hydrogen-bond acceptors (Lipinski definition) is 2. The van der Waals surface area contributed by atoms with Crippen LogP contribution in [0.4, 0.5) is 0 Å². The third-order valence-electron chi connectivity index (χ3n) is 1.25. The monoisotopic (exact) mass is 124 g/mol. The van der Waals surface area contributed by atoms with Crippen LogP contribution >= 0.6 is 0 Å². The Balaban J connectivity index is 2.65. The second-order valence-electron chi connectivity index (χ2n) is 1.86. The molecule has 1 rings (SSSR count). The molecule has 2 unspecified atom stereocenters. The first-order valence-electron chi connectivity index (χ1n) is 2.38. The lowest BCUT2D eigenvalue weighted by atomic mass is 10.4. The number of carbonyl (C=O) groups is 2. The summed E-state index contributed by atoms with van der Waals surface area (Å²) in [4.78, 5) is 23.5. The summed E-state index contributed by atoms with van der Waals surface area (Å²) in [5.41, 5.74) is 4.75. The molecule has 4 nitrogen and oxygen atoms in total. The molecule has 1 saturated carbocycles. The van der Waals surface area contributed by atoms with E-state index in [1.54, 1.807) is 0 Å². The Morgan fingerprint density at radius 3 is 2.44 bits per heavy atom. The van der Waals surface area contributed by atoms with Crippen LogP contribution in [0.25, 0.3) is 4.85 Å². The van der Waals surface area contributed by atoms with Gasteiger partial charge in [-0.05, 0) is 0 Å². The van der Waals surface area contributed by atoms with Gasteiger partial charge in [0.2, 0.25) is 11.7 Å². The molecular weight excluding hydrogens is 120 g/mol. The normalized spacial score (nSPS) is 31.2. The van der Waals surface area contributed by atoms with Crippen molar-refractivity contribution in [2.45, 2.75) is 6.04 Å². The smallest absolute Gasteiger partial charge is 0.300 e. The van der Waals surface area contributed by atoms with Gasteiger partial charge in [0.25, 0.3) is 0 Å². The molecule has 2 N–H and O–H groups in total. The van der Waals surface area contributed by atoms with Gasteiger partial charge in [-0.15, -0.1) is 0 Å². The Morgan fingerprint density at radius 1 is 1.78 bits per heavy atom. The summed E-state index contributed by atoms with van der Waals surface area (Å²) >= 11 is 0. The molecule has 0 aromatic heterocycles. The highest BCUT2D eigenvalue weighted by Gasteiger charge is 2.61. The first kappa shape index (κ1) is 5.76. The van der Waals surface area contributed by atoms with Crippen molar-refractivity contribution in [2.24, 2.45) is 11.7 Å². The second-order valence-corrected chi connectivity index (χ2v) is 1.86. The Hall–Kier alpha value is -1.37. The van der Waals surface area contributed by atoms with Gasteiger partial charge >= 0.3 is 6.04 Å². The number of hydrogen-bond donors (Lipinski definition) is 1. The van der Waals surface area contributed by atoms with Gasteiger partial charge in [0.05, 0.1) is 0 Å². The molecule has 4 heteroatoms. The number of carbonyl (C=O) groups excluding carboxylic acids is 2. The molecular formula is C5H4N2O2. The van der Waals surface area contributed by atoms with E-state index in [4.69, 9.17) is 12.3 Å². The number of nitrogens with two attached hydrogens (primary N) is 1. The van der Waals surface area contributed by atoms with Gasteiger partial charge in [-0.3, -0.25) is 9.59 Å². The van der Waals surface area contributed by atoms with Gasteiger partial charge in [-0.1, -0.05) is 0 Å². The van der Waals surface area contributed by atoms with Crippen LogP contribution in [0.1, 0.15) is 0 Å². The third kappa shape index (κ3) is 0.664. The standard InChI is InChI=1S/C5H4N2O2/c1-7-3-2(4(3)8)5(6)9/h2-3H,(H2,6,9). The fraction of sp³-hybridized carbons (Fsp3) is 0.400. The van der Waals surface area contributed by atoms with Crippen LogP contribution < -0.4 is 5.73 Å². The van der Waals surface area contributed by atoms with E-state index in [2.05, 4.69) is 4.85 Å². The minimum absolute atomic E-state index is 0.336. The number of ketones is 1. The van der Waals surface area contributed by atoms with Crippen LogP contribution in [0.3, 0.4) is 0 Å². The lowest BCUT2D eigenvalue weighted by Crippen LogP contribution is -2.15. The maximum atomic E-state index is 10.4. The topological polar surface area (TPSA) is 64.5 Å². The van der Waals surface area contributed by atoms with Crippen molar-refractivity contribution in [3.63, 3.8) is 0 Å². The summed E-state index contributed by atoms with van der Waals surface area (Å²) in [6.07, 6.45) is 0. The Morgan fingerprint density at radius 2 is 2.33 bits per heavy atom. The zero-order chi connectivity index (χ0) is 7.02. The molecule has 46 valence electrons. The molecule has 0 aromatic carbocycles. The molecule has 0 heterocycles. The second kappa shape index (κ2) is 1.55. The third-order valence-corrected chi connectivity index (χ3v) is 1.25. The van der Waals surface area contributed by atoms with Crippen molar-refractivity contribution >= 4 is 11.7 Å². The van der Waals surface area contributed by atoms with Crippen LogP contribution in [0.15, 0.2) is 0 Å². The summed E-state index contributed by atoms with van der Waals surface area (Å²) in [6, 6.07) is -0.762. The molecule has 1 amide bonds. The lowest BCUT2D eigenvalue weighted by molar-refractivity contribution is -0.121.